The fourth-order valence-electron chi connectivity index (χ4n) is 0.963. The molecule has 0 fully saturated rings. The molecule has 0 saturated carbocycles. The van der Waals surface area contributed by atoms with Gasteiger partial charge in [-0.3, -0.25) is 4.79 Å². The first-order chi connectivity index (χ1) is 7.77. The summed E-state index contributed by atoms with van der Waals surface area (Å²) in [6.07, 6.45) is 1.64. The van der Waals surface area contributed by atoms with Gasteiger partial charge in [-0.25, -0.2) is 4.68 Å². The lowest BCUT2D eigenvalue weighted by molar-refractivity contribution is -0.141. The zero-order valence-electron chi connectivity index (χ0n) is 9.00. The van der Waals surface area contributed by atoms with Gasteiger partial charge in [0.1, 0.15) is 6.54 Å². The van der Waals surface area contributed by atoms with Crippen LogP contribution in [0.2, 0.25) is 0 Å². The maximum Gasteiger partial charge on any atom is 0.327 e. The molecule has 1 aromatic rings. The number of unbranched alkanes of at least 4 members (excludes halogenated alkanes) is 1. The van der Waals surface area contributed by atoms with Crippen LogP contribution in [-0.4, -0.2) is 50.8 Å². The Kier molecular flexibility index (Phi) is 5.79. The van der Waals surface area contributed by atoms with Gasteiger partial charge >= 0.3 is 5.97 Å². The van der Waals surface area contributed by atoms with Crippen molar-refractivity contribution in [2.75, 3.05) is 19.5 Å². The van der Waals surface area contributed by atoms with Crippen LogP contribution in [0.3, 0.4) is 0 Å². The van der Waals surface area contributed by atoms with E-state index >= 15 is 0 Å². The molecule has 1 rings (SSSR count). The van der Waals surface area contributed by atoms with Crippen molar-refractivity contribution in [1.82, 2.24) is 20.2 Å². The molecule has 0 aliphatic heterocycles. The van der Waals surface area contributed by atoms with Gasteiger partial charge in [0.25, 0.3) is 0 Å². The highest BCUT2D eigenvalue weighted by atomic mass is 32.2. The van der Waals surface area contributed by atoms with Gasteiger partial charge < -0.3 is 9.84 Å². The molecule has 8 heteroatoms. The molecule has 0 spiro atoms. The smallest absolute Gasteiger partial charge is 0.327 e. The minimum Gasteiger partial charge on any atom is -0.468 e. The number of tetrazole rings is 1. The first-order valence-corrected chi connectivity index (χ1v) is 5.83. The zero-order valence-corrected chi connectivity index (χ0v) is 9.81. The van der Waals surface area contributed by atoms with Gasteiger partial charge in [0, 0.05) is 12.4 Å². The summed E-state index contributed by atoms with van der Waals surface area (Å²) in [7, 11) is 1.32. The number of carbonyl (C=O) groups is 1. The lowest BCUT2D eigenvalue weighted by Crippen LogP contribution is -2.13. The Labute approximate surface area is 97.2 Å². The average molecular weight is 246 g/mol. The third kappa shape index (κ3) is 4.15. The number of aromatic nitrogens is 4. The van der Waals surface area contributed by atoms with E-state index < -0.39 is 0 Å². The van der Waals surface area contributed by atoms with E-state index in [9.17, 15) is 4.79 Å². The van der Waals surface area contributed by atoms with E-state index in [1.54, 1.807) is 0 Å². The SMILES string of the molecule is COC(=O)Cn1nnnc1SCCCCO. The van der Waals surface area contributed by atoms with Gasteiger partial charge in [-0.1, -0.05) is 11.8 Å². The van der Waals surface area contributed by atoms with Crippen LogP contribution in [0.15, 0.2) is 5.16 Å². The Hall–Kier alpha value is -1.15. The Bertz CT molecular complexity index is 331. The largest absolute Gasteiger partial charge is 0.468 e. The molecule has 1 heterocycles. The maximum absolute atomic E-state index is 11.0. The van der Waals surface area contributed by atoms with Crippen molar-refractivity contribution in [2.45, 2.75) is 24.5 Å². The molecule has 0 saturated heterocycles. The van der Waals surface area contributed by atoms with Crippen LogP contribution >= 0.6 is 11.8 Å². The minimum atomic E-state index is -0.385. The second-order valence-electron chi connectivity index (χ2n) is 2.97. The van der Waals surface area contributed by atoms with E-state index in [2.05, 4.69) is 20.3 Å². The lowest BCUT2D eigenvalue weighted by atomic mass is 10.4. The fraction of sp³-hybridized carbons (Fsp3) is 0.750. The number of methoxy groups -OCH3 is 1. The Morgan fingerprint density at radius 1 is 1.56 bits per heavy atom. The van der Waals surface area contributed by atoms with Crippen molar-refractivity contribution >= 4 is 17.7 Å². The summed E-state index contributed by atoms with van der Waals surface area (Å²) in [6.45, 7) is 0.208. The third-order valence-electron chi connectivity index (χ3n) is 1.79. The van der Waals surface area contributed by atoms with E-state index in [-0.39, 0.29) is 19.1 Å². The molecular weight excluding hydrogens is 232 g/mol. The molecule has 7 nitrogen and oxygen atoms in total. The van der Waals surface area contributed by atoms with Crippen LogP contribution in [-0.2, 0) is 16.1 Å². The number of aliphatic hydroxyl groups excluding tert-OH is 1. The standard InChI is InChI=1S/C8H14N4O3S/c1-15-7(14)6-12-8(9-10-11-12)16-5-3-2-4-13/h13H,2-6H2,1H3. The van der Waals surface area contributed by atoms with Crippen molar-refractivity contribution < 1.29 is 14.6 Å². The molecule has 90 valence electrons. The number of thioether (sulfide) groups is 1. The summed E-state index contributed by atoms with van der Waals surface area (Å²) in [5.74, 6) is 0.423. The summed E-state index contributed by atoms with van der Waals surface area (Å²) in [5, 5.41) is 20.2. The van der Waals surface area contributed by atoms with E-state index in [0.29, 0.717) is 5.16 Å². The highest BCUT2D eigenvalue weighted by molar-refractivity contribution is 7.99. The Morgan fingerprint density at radius 3 is 3.06 bits per heavy atom. The average Bonchev–Trinajstić information content (AvgIpc) is 2.72. The van der Waals surface area contributed by atoms with Crippen LogP contribution in [0.1, 0.15) is 12.8 Å². The predicted octanol–water partition coefficient (Wildman–Crippen LogP) is -0.289. The normalized spacial score (nSPS) is 10.4. The van der Waals surface area contributed by atoms with Crippen LogP contribution in [0.5, 0.6) is 0 Å². The number of esters is 1. The summed E-state index contributed by atoms with van der Waals surface area (Å²) < 4.78 is 5.92. The van der Waals surface area contributed by atoms with Crippen LogP contribution < -0.4 is 0 Å². The maximum atomic E-state index is 11.0. The van der Waals surface area contributed by atoms with Gasteiger partial charge in [-0.2, -0.15) is 0 Å². The first kappa shape index (κ1) is 12.9. The summed E-state index contributed by atoms with van der Waals surface area (Å²) in [4.78, 5) is 11.0. The van der Waals surface area contributed by atoms with E-state index in [4.69, 9.17) is 5.11 Å². The molecule has 0 atom stereocenters. The van der Waals surface area contributed by atoms with Crippen LogP contribution in [0.25, 0.3) is 0 Å². The zero-order chi connectivity index (χ0) is 11.8. The first-order valence-electron chi connectivity index (χ1n) is 4.84. The highest BCUT2D eigenvalue weighted by Crippen LogP contribution is 2.15. The number of carbonyl (C=O) groups excluding carboxylic acids is 1. The molecule has 0 aliphatic rings. The topological polar surface area (TPSA) is 90.1 Å². The minimum absolute atomic E-state index is 0.0197. The van der Waals surface area contributed by atoms with Crippen molar-refractivity contribution in [3.8, 4) is 0 Å². The second-order valence-corrected chi connectivity index (χ2v) is 4.04. The quantitative estimate of drug-likeness (QED) is 0.401. The molecule has 0 aliphatic carbocycles. The molecule has 0 amide bonds. The Balaban J connectivity index is 2.41. The number of ether oxygens (including phenoxy) is 1. The molecule has 0 radical (unpaired) electrons. The summed E-state index contributed by atoms with van der Waals surface area (Å²) in [6, 6.07) is 0. The van der Waals surface area contributed by atoms with Gasteiger partial charge in [0.2, 0.25) is 5.16 Å². The van der Waals surface area contributed by atoms with Crippen LogP contribution in [0, 0.1) is 0 Å². The van der Waals surface area contributed by atoms with Gasteiger partial charge in [0.15, 0.2) is 0 Å². The number of aliphatic hydroxyl groups is 1. The van der Waals surface area contributed by atoms with Gasteiger partial charge in [-0.15, -0.1) is 5.10 Å². The van der Waals surface area contributed by atoms with E-state index in [0.717, 1.165) is 18.6 Å². The molecule has 1 N–H and O–H groups in total. The van der Waals surface area contributed by atoms with Gasteiger partial charge in [-0.05, 0) is 23.3 Å². The fourth-order valence-corrected chi connectivity index (χ4v) is 1.84. The van der Waals surface area contributed by atoms with Crippen molar-refractivity contribution in [2.24, 2.45) is 0 Å². The number of rotatable bonds is 7. The second kappa shape index (κ2) is 7.18. The number of hydrogen-bond donors (Lipinski definition) is 1. The van der Waals surface area contributed by atoms with Crippen molar-refractivity contribution in [3.05, 3.63) is 0 Å². The monoisotopic (exact) mass is 246 g/mol. The Morgan fingerprint density at radius 2 is 2.38 bits per heavy atom. The van der Waals surface area contributed by atoms with E-state index in [1.165, 1.54) is 23.6 Å². The summed E-state index contributed by atoms with van der Waals surface area (Å²) >= 11 is 1.45. The van der Waals surface area contributed by atoms with E-state index in [1.807, 2.05) is 0 Å². The molecule has 16 heavy (non-hydrogen) atoms. The van der Waals surface area contributed by atoms with Crippen molar-refractivity contribution in [1.29, 1.82) is 0 Å². The third-order valence-corrected chi connectivity index (χ3v) is 2.83. The molecule has 1 aromatic heterocycles. The lowest BCUT2D eigenvalue weighted by Gasteiger charge is -2.02. The predicted molar refractivity (Wildman–Crippen MR) is 56.9 cm³/mol. The molecule has 0 bridgehead atoms. The summed E-state index contributed by atoms with van der Waals surface area (Å²) in [5.41, 5.74) is 0. The van der Waals surface area contributed by atoms with Crippen molar-refractivity contribution in [3.63, 3.8) is 0 Å². The number of hydrogen-bond acceptors (Lipinski definition) is 7. The van der Waals surface area contributed by atoms with Crippen LogP contribution in [0.4, 0.5) is 0 Å². The highest BCUT2D eigenvalue weighted by Gasteiger charge is 2.10. The molecule has 0 unspecified atom stereocenters. The molecule has 0 aromatic carbocycles. The van der Waals surface area contributed by atoms with Gasteiger partial charge in [0.05, 0.1) is 7.11 Å². The molecular formula is C8H14N4O3S. The number of nitrogens with zero attached hydrogens (tertiary/aromatic N) is 4.